The van der Waals surface area contributed by atoms with Crippen LogP contribution in [0.5, 0.6) is 0 Å². The van der Waals surface area contributed by atoms with E-state index in [2.05, 4.69) is 17.2 Å². The SMILES string of the molecule is Cn1nc(-c2ccc3c(c2)CCCC3)cc(CC(=O)O)c1=O. The van der Waals surface area contributed by atoms with Crippen LogP contribution in [-0.4, -0.2) is 20.9 Å². The van der Waals surface area contributed by atoms with Crippen LogP contribution >= 0.6 is 0 Å². The third-order valence-corrected chi connectivity index (χ3v) is 4.12. The van der Waals surface area contributed by atoms with Gasteiger partial charge >= 0.3 is 5.97 Å². The molecule has 1 aliphatic rings. The van der Waals surface area contributed by atoms with Crippen LogP contribution in [0.1, 0.15) is 29.5 Å². The lowest BCUT2D eigenvalue weighted by Crippen LogP contribution is -2.25. The highest BCUT2D eigenvalue weighted by molar-refractivity contribution is 5.71. The molecule has 0 aliphatic heterocycles. The first-order valence-electron chi connectivity index (χ1n) is 7.46. The molecule has 0 amide bonds. The minimum Gasteiger partial charge on any atom is -0.481 e. The van der Waals surface area contributed by atoms with Gasteiger partial charge < -0.3 is 5.11 Å². The number of carboxylic acids is 1. The molecule has 114 valence electrons. The van der Waals surface area contributed by atoms with Crippen LogP contribution in [0.3, 0.4) is 0 Å². The van der Waals surface area contributed by atoms with Gasteiger partial charge in [-0.25, -0.2) is 4.68 Å². The highest BCUT2D eigenvalue weighted by Crippen LogP contribution is 2.26. The number of rotatable bonds is 3. The molecule has 5 nitrogen and oxygen atoms in total. The Bertz CT molecular complexity index is 793. The zero-order valence-electron chi connectivity index (χ0n) is 12.5. The van der Waals surface area contributed by atoms with Gasteiger partial charge in [0.15, 0.2) is 0 Å². The van der Waals surface area contributed by atoms with E-state index in [9.17, 15) is 9.59 Å². The van der Waals surface area contributed by atoms with Crippen molar-refractivity contribution in [3.63, 3.8) is 0 Å². The number of fused-ring (bicyclic) bond motifs is 1. The molecule has 3 rings (SSSR count). The number of benzene rings is 1. The first-order chi connectivity index (χ1) is 10.5. The molecule has 1 aromatic carbocycles. The zero-order valence-corrected chi connectivity index (χ0v) is 12.5. The van der Waals surface area contributed by atoms with Crippen molar-refractivity contribution in [3.8, 4) is 11.3 Å². The van der Waals surface area contributed by atoms with E-state index < -0.39 is 5.97 Å². The highest BCUT2D eigenvalue weighted by Gasteiger charge is 2.14. The van der Waals surface area contributed by atoms with Crippen LogP contribution in [0.25, 0.3) is 11.3 Å². The molecular formula is C17H18N2O3. The highest BCUT2D eigenvalue weighted by atomic mass is 16.4. The van der Waals surface area contributed by atoms with Crippen LogP contribution in [0, 0.1) is 0 Å². The predicted molar refractivity (Wildman–Crippen MR) is 82.9 cm³/mol. The van der Waals surface area contributed by atoms with Crippen molar-refractivity contribution >= 4 is 5.97 Å². The Morgan fingerprint density at radius 3 is 2.68 bits per heavy atom. The van der Waals surface area contributed by atoms with Gasteiger partial charge in [-0.2, -0.15) is 5.10 Å². The van der Waals surface area contributed by atoms with E-state index in [-0.39, 0.29) is 17.5 Å². The molecule has 0 spiro atoms. The Hall–Kier alpha value is -2.43. The van der Waals surface area contributed by atoms with Gasteiger partial charge in [0, 0.05) is 18.2 Å². The molecule has 0 radical (unpaired) electrons. The lowest BCUT2D eigenvalue weighted by molar-refractivity contribution is -0.136. The van der Waals surface area contributed by atoms with Gasteiger partial charge in [0.25, 0.3) is 5.56 Å². The number of aryl methyl sites for hydroxylation is 3. The summed E-state index contributed by atoms with van der Waals surface area (Å²) < 4.78 is 1.22. The summed E-state index contributed by atoms with van der Waals surface area (Å²) in [4.78, 5) is 22.9. The molecule has 1 heterocycles. The van der Waals surface area contributed by atoms with Gasteiger partial charge in [0.2, 0.25) is 0 Å². The van der Waals surface area contributed by atoms with Crippen molar-refractivity contribution in [2.45, 2.75) is 32.1 Å². The van der Waals surface area contributed by atoms with E-state index in [1.807, 2.05) is 6.07 Å². The summed E-state index contributed by atoms with van der Waals surface area (Å²) in [5, 5.41) is 13.2. The number of hydrogen-bond acceptors (Lipinski definition) is 3. The number of carboxylic acid groups (broad SMARTS) is 1. The molecule has 0 unspecified atom stereocenters. The molecule has 22 heavy (non-hydrogen) atoms. The van der Waals surface area contributed by atoms with Crippen molar-refractivity contribution in [3.05, 3.63) is 51.3 Å². The summed E-state index contributed by atoms with van der Waals surface area (Å²) in [6.07, 6.45) is 4.32. The summed E-state index contributed by atoms with van der Waals surface area (Å²) in [5.41, 5.74) is 4.20. The molecule has 0 saturated heterocycles. The predicted octanol–water partition coefficient (Wildman–Crippen LogP) is 1.95. The Balaban J connectivity index is 2.06. The molecule has 0 saturated carbocycles. The van der Waals surface area contributed by atoms with Gasteiger partial charge in [-0.15, -0.1) is 0 Å². The van der Waals surface area contributed by atoms with Crippen molar-refractivity contribution in [2.24, 2.45) is 7.05 Å². The first-order valence-corrected chi connectivity index (χ1v) is 7.46. The van der Waals surface area contributed by atoms with Crippen LogP contribution in [-0.2, 0) is 31.1 Å². The molecule has 0 atom stereocenters. The third-order valence-electron chi connectivity index (χ3n) is 4.12. The van der Waals surface area contributed by atoms with Crippen molar-refractivity contribution < 1.29 is 9.90 Å². The summed E-state index contributed by atoms with van der Waals surface area (Å²) in [7, 11) is 1.55. The zero-order chi connectivity index (χ0) is 15.7. The normalized spacial score (nSPS) is 13.7. The van der Waals surface area contributed by atoms with Crippen LogP contribution in [0.4, 0.5) is 0 Å². The molecule has 1 N–H and O–H groups in total. The van der Waals surface area contributed by atoms with E-state index in [0.29, 0.717) is 5.69 Å². The van der Waals surface area contributed by atoms with Crippen molar-refractivity contribution in [1.29, 1.82) is 0 Å². The minimum absolute atomic E-state index is 0.262. The average molecular weight is 298 g/mol. The third kappa shape index (κ3) is 2.79. The van der Waals surface area contributed by atoms with Gasteiger partial charge in [-0.05, 0) is 48.9 Å². The number of carbonyl (C=O) groups is 1. The summed E-state index contributed by atoms with van der Waals surface area (Å²) in [5.74, 6) is -1.01. The molecule has 2 aromatic rings. The fourth-order valence-electron chi connectivity index (χ4n) is 2.99. The molecule has 0 fully saturated rings. The van der Waals surface area contributed by atoms with Gasteiger partial charge in [0.1, 0.15) is 0 Å². The van der Waals surface area contributed by atoms with Gasteiger partial charge in [0.05, 0.1) is 12.1 Å². The number of hydrogen-bond donors (Lipinski definition) is 1. The Labute approximate surface area is 128 Å². The quantitative estimate of drug-likeness (QED) is 0.940. The smallest absolute Gasteiger partial charge is 0.308 e. The maximum atomic E-state index is 12.0. The van der Waals surface area contributed by atoms with Crippen molar-refractivity contribution in [2.75, 3.05) is 0 Å². The number of aliphatic carboxylic acids is 1. The second kappa shape index (κ2) is 5.75. The topological polar surface area (TPSA) is 72.2 Å². The first kappa shape index (κ1) is 14.5. The maximum absolute atomic E-state index is 12.0. The van der Waals surface area contributed by atoms with E-state index in [0.717, 1.165) is 18.4 Å². The summed E-state index contributed by atoms with van der Waals surface area (Å²) in [6.45, 7) is 0. The van der Waals surface area contributed by atoms with Crippen LogP contribution in [0.2, 0.25) is 0 Å². The fraction of sp³-hybridized carbons (Fsp3) is 0.353. The standard InChI is InChI=1S/C17H18N2O3/c1-19-17(22)14(10-16(20)21)9-15(18-19)13-7-6-11-4-2-3-5-12(11)8-13/h6-9H,2-5,10H2,1H3,(H,20,21). The lowest BCUT2D eigenvalue weighted by atomic mass is 9.90. The Morgan fingerprint density at radius 1 is 1.23 bits per heavy atom. The average Bonchev–Trinajstić information content (AvgIpc) is 2.50. The monoisotopic (exact) mass is 298 g/mol. The van der Waals surface area contributed by atoms with E-state index in [1.54, 1.807) is 13.1 Å². The molecule has 5 heteroatoms. The molecule has 1 aliphatic carbocycles. The maximum Gasteiger partial charge on any atom is 0.308 e. The van der Waals surface area contributed by atoms with Gasteiger partial charge in [-0.3, -0.25) is 9.59 Å². The second-order valence-corrected chi connectivity index (χ2v) is 5.74. The molecule has 1 aromatic heterocycles. The fourth-order valence-corrected chi connectivity index (χ4v) is 2.99. The van der Waals surface area contributed by atoms with E-state index >= 15 is 0 Å². The van der Waals surface area contributed by atoms with E-state index in [4.69, 9.17) is 5.11 Å². The van der Waals surface area contributed by atoms with Crippen LogP contribution < -0.4 is 5.56 Å². The van der Waals surface area contributed by atoms with E-state index in [1.165, 1.54) is 28.7 Å². The number of nitrogens with zero attached hydrogens (tertiary/aromatic N) is 2. The molecular weight excluding hydrogens is 280 g/mol. The second-order valence-electron chi connectivity index (χ2n) is 5.74. The lowest BCUT2D eigenvalue weighted by Gasteiger charge is -2.16. The molecule has 0 bridgehead atoms. The Morgan fingerprint density at radius 2 is 1.95 bits per heavy atom. The Kier molecular flexibility index (Phi) is 3.79. The largest absolute Gasteiger partial charge is 0.481 e. The number of aromatic nitrogens is 2. The summed E-state index contributed by atoms with van der Waals surface area (Å²) >= 11 is 0. The van der Waals surface area contributed by atoms with Gasteiger partial charge in [-0.1, -0.05) is 12.1 Å². The summed E-state index contributed by atoms with van der Waals surface area (Å²) in [6, 6.07) is 7.84. The minimum atomic E-state index is -1.01. The van der Waals surface area contributed by atoms with Crippen LogP contribution in [0.15, 0.2) is 29.1 Å². The van der Waals surface area contributed by atoms with Crippen molar-refractivity contribution in [1.82, 2.24) is 9.78 Å².